The smallest absolute Gasteiger partial charge is 0.462 e. The van der Waals surface area contributed by atoms with Gasteiger partial charge in [0.2, 0.25) is 0 Å². The summed E-state index contributed by atoms with van der Waals surface area (Å²) in [5.74, 6) is -1.31. The Morgan fingerprint density at radius 1 is 0.352 bits per heavy atom. The third kappa shape index (κ3) is 64.6. The van der Waals surface area contributed by atoms with Crippen LogP contribution in [0.3, 0.4) is 0 Å². The molecule has 19 heteroatoms. The minimum absolute atomic E-state index is 0.101. The van der Waals surface area contributed by atoms with Crippen LogP contribution in [0.2, 0.25) is 0 Å². The van der Waals surface area contributed by atoms with Gasteiger partial charge in [0, 0.05) is 25.7 Å². The first kappa shape index (κ1) is 88.5. The Bertz CT molecular complexity index is 1850. The van der Waals surface area contributed by atoms with Gasteiger partial charge >= 0.3 is 39.5 Å². The number of esters is 4. The summed E-state index contributed by atoms with van der Waals surface area (Å²) < 4.78 is 68.2. The third-order valence-corrected chi connectivity index (χ3v) is 18.4. The van der Waals surface area contributed by atoms with Crippen molar-refractivity contribution in [2.24, 2.45) is 5.92 Å². The molecule has 17 nitrogen and oxygen atoms in total. The highest BCUT2D eigenvalue weighted by atomic mass is 31.2. The lowest BCUT2D eigenvalue weighted by Gasteiger charge is -2.21. The van der Waals surface area contributed by atoms with Gasteiger partial charge in [0.1, 0.15) is 19.3 Å². The molecule has 0 aromatic heterocycles. The van der Waals surface area contributed by atoms with Crippen molar-refractivity contribution in [3.05, 3.63) is 24.3 Å². The van der Waals surface area contributed by atoms with E-state index in [1.807, 2.05) is 0 Å². The third-order valence-electron chi connectivity index (χ3n) is 16.5. The normalized spacial score (nSPS) is 14.5. The molecule has 536 valence electrons. The highest BCUT2D eigenvalue weighted by Gasteiger charge is 2.30. The Balaban J connectivity index is 5.24. The summed E-state index contributed by atoms with van der Waals surface area (Å²) in [7, 11) is -9.91. The van der Waals surface area contributed by atoms with Crippen molar-refractivity contribution in [2.45, 2.75) is 368 Å². The first-order chi connectivity index (χ1) is 44.1. The molecule has 0 spiro atoms. The monoisotopic (exact) mass is 1330 g/mol. The van der Waals surface area contributed by atoms with Gasteiger partial charge in [-0.3, -0.25) is 37.3 Å². The average molecular weight is 1340 g/mol. The molecule has 0 bridgehead atoms. The van der Waals surface area contributed by atoms with Crippen LogP contribution in [-0.4, -0.2) is 96.7 Å². The zero-order valence-corrected chi connectivity index (χ0v) is 60.3. The molecule has 0 aromatic carbocycles. The molecule has 0 radical (unpaired) electrons. The number of hydrogen-bond acceptors (Lipinski definition) is 15. The van der Waals surface area contributed by atoms with Gasteiger partial charge in [0.05, 0.1) is 26.4 Å². The van der Waals surface area contributed by atoms with Crippen LogP contribution in [0.25, 0.3) is 0 Å². The second-order valence-electron chi connectivity index (χ2n) is 25.5. The molecule has 0 saturated heterocycles. The Kier molecular flexibility index (Phi) is 63.1. The standard InChI is InChI=1S/C72H136O17P2/c1-6-10-13-16-19-22-24-25-26-30-33-37-41-46-51-56-70(75)83-62-68(89-72(77)58-53-48-43-38-34-31-28-27-29-32-35-39-44-49-54-65(5)9-4)64-87-91(80,81)85-60-66(73)59-84-90(78,79)86-63-67(61-82-69(74)55-50-45-40-21-18-15-12-8-3)88-71(76)57-52-47-42-36-23-20-17-14-11-7-2/h22,24-26,65-68,73H,6-21,23,27-64H2,1-5H3,(H,78,79)(H,80,81)/b24-22-,26-25-/t65?,66-,67+,68+/m0/s1. The van der Waals surface area contributed by atoms with E-state index in [9.17, 15) is 43.2 Å². The van der Waals surface area contributed by atoms with Gasteiger partial charge < -0.3 is 33.8 Å². The summed E-state index contributed by atoms with van der Waals surface area (Å²) in [4.78, 5) is 72.5. The van der Waals surface area contributed by atoms with Gasteiger partial charge in [-0.05, 0) is 57.3 Å². The van der Waals surface area contributed by atoms with E-state index in [1.165, 1.54) is 148 Å². The maximum atomic E-state index is 13.0. The van der Waals surface area contributed by atoms with Crippen molar-refractivity contribution in [1.29, 1.82) is 0 Å². The number of phosphoric acid groups is 2. The van der Waals surface area contributed by atoms with Crippen LogP contribution in [0.1, 0.15) is 349 Å². The van der Waals surface area contributed by atoms with E-state index in [0.717, 1.165) is 121 Å². The van der Waals surface area contributed by atoms with Crippen molar-refractivity contribution in [3.8, 4) is 0 Å². The van der Waals surface area contributed by atoms with E-state index in [-0.39, 0.29) is 25.7 Å². The minimum Gasteiger partial charge on any atom is -0.462 e. The van der Waals surface area contributed by atoms with Crippen LogP contribution in [0.15, 0.2) is 24.3 Å². The molecular formula is C72H136O17P2. The summed E-state index contributed by atoms with van der Waals surface area (Å²) in [5, 5.41) is 10.6. The molecule has 0 aliphatic carbocycles. The topological polar surface area (TPSA) is 237 Å². The quantitative estimate of drug-likeness (QED) is 0.0169. The molecule has 0 rings (SSSR count). The molecular weight excluding hydrogens is 1200 g/mol. The lowest BCUT2D eigenvalue weighted by Crippen LogP contribution is -2.30. The van der Waals surface area contributed by atoms with Crippen LogP contribution in [-0.2, 0) is 65.4 Å². The number of carbonyl (C=O) groups excluding carboxylic acids is 4. The minimum atomic E-state index is -4.96. The number of ether oxygens (including phenoxy) is 4. The molecule has 0 saturated carbocycles. The molecule has 91 heavy (non-hydrogen) atoms. The lowest BCUT2D eigenvalue weighted by molar-refractivity contribution is -0.161. The second-order valence-corrected chi connectivity index (χ2v) is 28.4. The van der Waals surface area contributed by atoms with E-state index in [0.29, 0.717) is 25.7 Å². The summed E-state index contributed by atoms with van der Waals surface area (Å²) in [6, 6.07) is 0. The van der Waals surface area contributed by atoms with E-state index in [1.54, 1.807) is 0 Å². The number of phosphoric ester groups is 2. The number of rotatable bonds is 70. The second kappa shape index (κ2) is 64.9. The summed E-state index contributed by atoms with van der Waals surface area (Å²) >= 11 is 0. The molecule has 0 fully saturated rings. The van der Waals surface area contributed by atoms with Gasteiger partial charge in [-0.2, -0.15) is 0 Å². The summed E-state index contributed by atoms with van der Waals surface area (Å²) in [5.41, 5.74) is 0. The van der Waals surface area contributed by atoms with Crippen molar-refractivity contribution in [3.63, 3.8) is 0 Å². The largest absolute Gasteiger partial charge is 0.472 e. The van der Waals surface area contributed by atoms with Crippen LogP contribution in [0.5, 0.6) is 0 Å². The van der Waals surface area contributed by atoms with Crippen molar-refractivity contribution in [1.82, 2.24) is 0 Å². The van der Waals surface area contributed by atoms with Gasteiger partial charge in [-0.25, -0.2) is 9.13 Å². The van der Waals surface area contributed by atoms with Crippen LogP contribution >= 0.6 is 15.6 Å². The first-order valence-corrected chi connectivity index (χ1v) is 40.0. The van der Waals surface area contributed by atoms with Gasteiger partial charge in [0.25, 0.3) is 0 Å². The predicted molar refractivity (Wildman–Crippen MR) is 368 cm³/mol. The van der Waals surface area contributed by atoms with Gasteiger partial charge in [0.15, 0.2) is 12.2 Å². The van der Waals surface area contributed by atoms with Gasteiger partial charge in [-0.1, -0.05) is 296 Å². The van der Waals surface area contributed by atoms with Crippen molar-refractivity contribution in [2.75, 3.05) is 39.6 Å². The Morgan fingerprint density at radius 2 is 0.615 bits per heavy atom. The predicted octanol–water partition coefficient (Wildman–Crippen LogP) is 20.5. The number of aliphatic hydroxyl groups excluding tert-OH is 1. The van der Waals surface area contributed by atoms with Crippen LogP contribution in [0, 0.1) is 5.92 Å². The SMILES string of the molecule is CCCCCC/C=C\C=C/CCCCCCCC(=O)OC[C@H](COP(=O)(O)OC[C@@H](O)COP(=O)(O)OC[C@@H](COC(=O)CCCCCCCCCC)OC(=O)CCCCCCCCCCCC)OC(=O)CCCCCCCCCCCCCCCCC(C)CC. The zero-order chi connectivity index (χ0) is 67.0. The number of aliphatic hydroxyl groups is 1. The fourth-order valence-electron chi connectivity index (χ4n) is 10.4. The number of allylic oxidation sites excluding steroid dienone is 4. The zero-order valence-electron chi connectivity index (χ0n) is 58.5. The number of carbonyl (C=O) groups is 4. The van der Waals surface area contributed by atoms with Crippen LogP contribution in [0.4, 0.5) is 0 Å². The highest BCUT2D eigenvalue weighted by molar-refractivity contribution is 7.47. The van der Waals surface area contributed by atoms with E-state index in [4.69, 9.17) is 37.0 Å². The molecule has 6 atom stereocenters. The Hall–Kier alpha value is -2.46. The molecule has 0 amide bonds. The van der Waals surface area contributed by atoms with Crippen molar-refractivity contribution < 1.29 is 80.2 Å². The molecule has 3 unspecified atom stereocenters. The average Bonchev–Trinajstić information content (AvgIpc) is 2.74. The Morgan fingerprint density at radius 3 is 0.934 bits per heavy atom. The molecule has 0 aliphatic heterocycles. The van der Waals surface area contributed by atoms with E-state index < -0.39 is 97.5 Å². The molecule has 0 aliphatic rings. The van der Waals surface area contributed by atoms with Gasteiger partial charge in [-0.15, -0.1) is 0 Å². The van der Waals surface area contributed by atoms with Crippen molar-refractivity contribution >= 4 is 39.5 Å². The fourth-order valence-corrected chi connectivity index (χ4v) is 12.0. The van der Waals surface area contributed by atoms with E-state index >= 15 is 0 Å². The number of hydrogen-bond donors (Lipinski definition) is 3. The maximum Gasteiger partial charge on any atom is 0.472 e. The summed E-state index contributed by atoms with van der Waals surface area (Å²) in [6.07, 6.45) is 54.9. The highest BCUT2D eigenvalue weighted by Crippen LogP contribution is 2.45. The fraction of sp³-hybridized carbons (Fsp3) is 0.889. The lowest BCUT2D eigenvalue weighted by atomic mass is 9.99. The van der Waals surface area contributed by atoms with E-state index in [2.05, 4.69) is 58.9 Å². The Labute approximate surface area is 554 Å². The van der Waals surface area contributed by atoms with Crippen LogP contribution < -0.4 is 0 Å². The molecule has 0 heterocycles. The molecule has 3 N–H and O–H groups in total. The first-order valence-electron chi connectivity index (χ1n) is 37.0. The molecule has 0 aromatic rings. The maximum absolute atomic E-state index is 13.0. The summed E-state index contributed by atoms with van der Waals surface area (Å²) in [6.45, 7) is 7.21. The number of unbranched alkanes of at least 4 members (excludes halogenated alkanes) is 38.